The van der Waals surface area contributed by atoms with Crippen LogP contribution in [0, 0.1) is 5.92 Å². The van der Waals surface area contributed by atoms with Crippen LogP contribution in [0.1, 0.15) is 20.3 Å². The van der Waals surface area contributed by atoms with Crippen LogP contribution >= 0.6 is 23.1 Å². The summed E-state index contributed by atoms with van der Waals surface area (Å²) in [5, 5.41) is 3.67. The third-order valence-corrected chi connectivity index (χ3v) is 4.25. The molecule has 0 atom stereocenters. The van der Waals surface area contributed by atoms with Gasteiger partial charge in [0.2, 0.25) is 0 Å². The van der Waals surface area contributed by atoms with E-state index in [1.807, 2.05) is 11.4 Å². The van der Waals surface area contributed by atoms with E-state index in [9.17, 15) is 0 Å². The molecule has 0 aromatic carbocycles. The molecule has 104 valence electrons. The monoisotopic (exact) mass is 297 g/mol. The number of hydrogen-bond donors (Lipinski definition) is 1. The fourth-order valence-electron chi connectivity index (χ4n) is 1.54. The predicted molar refractivity (Wildman–Crippen MR) is 82.8 cm³/mol. The minimum absolute atomic E-state index is 0.564. The summed E-state index contributed by atoms with van der Waals surface area (Å²) in [5.74, 6) is 2.11. The molecule has 19 heavy (non-hydrogen) atoms. The lowest BCUT2D eigenvalue weighted by Gasteiger charge is -2.06. The van der Waals surface area contributed by atoms with E-state index in [0.717, 1.165) is 40.8 Å². The Bertz CT molecular complexity index is 528. The zero-order valence-corrected chi connectivity index (χ0v) is 12.9. The number of nitrogen functional groups attached to an aromatic ring is 1. The second kappa shape index (κ2) is 7.07. The van der Waals surface area contributed by atoms with Gasteiger partial charge in [-0.3, -0.25) is 0 Å². The van der Waals surface area contributed by atoms with Gasteiger partial charge in [0.1, 0.15) is 10.6 Å². The van der Waals surface area contributed by atoms with Gasteiger partial charge in [-0.1, -0.05) is 25.6 Å². The molecule has 4 nitrogen and oxygen atoms in total. The number of fused-ring (bicyclic) bond motifs is 1. The number of thioether (sulfide) groups is 1. The molecule has 6 heteroatoms. The van der Waals surface area contributed by atoms with Gasteiger partial charge in [-0.2, -0.15) is 0 Å². The highest BCUT2D eigenvalue weighted by Crippen LogP contribution is 2.26. The van der Waals surface area contributed by atoms with Crippen molar-refractivity contribution >= 4 is 39.1 Å². The molecule has 0 saturated carbocycles. The van der Waals surface area contributed by atoms with Crippen molar-refractivity contribution in [2.45, 2.75) is 25.4 Å². The maximum atomic E-state index is 5.90. The summed E-state index contributed by atoms with van der Waals surface area (Å²) in [6.45, 7) is 5.95. The Morgan fingerprint density at radius 3 is 3.00 bits per heavy atom. The van der Waals surface area contributed by atoms with Crippen LogP contribution in [0.5, 0.6) is 0 Å². The Labute approximate surface area is 121 Å². The van der Waals surface area contributed by atoms with Crippen molar-refractivity contribution in [2.24, 2.45) is 5.92 Å². The van der Waals surface area contributed by atoms with Gasteiger partial charge in [-0.05, 0) is 23.8 Å². The summed E-state index contributed by atoms with van der Waals surface area (Å²) >= 11 is 3.18. The van der Waals surface area contributed by atoms with Gasteiger partial charge in [0, 0.05) is 12.4 Å². The first kappa shape index (κ1) is 14.6. The van der Waals surface area contributed by atoms with Crippen molar-refractivity contribution in [3.8, 4) is 0 Å². The predicted octanol–water partition coefficient (Wildman–Crippen LogP) is 3.43. The summed E-state index contributed by atoms with van der Waals surface area (Å²) in [7, 11) is 0. The molecular weight excluding hydrogens is 278 g/mol. The van der Waals surface area contributed by atoms with Crippen LogP contribution in [0.25, 0.3) is 10.2 Å². The molecule has 0 bridgehead atoms. The maximum absolute atomic E-state index is 5.90. The zero-order chi connectivity index (χ0) is 13.7. The van der Waals surface area contributed by atoms with Crippen LogP contribution in [0.3, 0.4) is 0 Å². The molecule has 0 spiro atoms. The standard InChI is InChI=1S/C13H19N3OS2/c1-9(2)3-5-17-6-8-19-13-15-11(14)10-4-7-18-12(10)16-13/h4,7,9H,3,5-6,8H2,1-2H3,(H2,14,15,16). The summed E-state index contributed by atoms with van der Waals surface area (Å²) < 4.78 is 5.56. The summed E-state index contributed by atoms with van der Waals surface area (Å²) in [5.41, 5.74) is 5.90. The van der Waals surface area contributed by atoms with Crippen molar-refractivity contribution < 1.29 is 4.74 Å². The molecule has 2 aromatic rings. The van der Waals surface area contributed by atoms with Crippen LogP contribution in [-0.4, -0.2) is 28.9 Å². The zero-order valence-electron chi connectivity index (χ0n) is 11.3. The molecule has 2 aromatic heterocycles. The third kappa shape index (κ3) is 4.33. The largest absolute Gasteiger partial charge is 0.383 e. The smallest absolute Gasteiger partial charge is 0.190 e. The number of nitrogens with zero attached hydrogens (tertiary/aromatic N) is 2. The van der Waals surface area contributed by atoms with E-state index in [1.54, 1.807) is 23.1 Å². The van der Waals surface area contributed by atoms with Gasteiger partial charge in [-0.25, -0.2) is 9.97 Å². The highest BCUT2D eigenvalue weighted by atomic mass is 32.2. The second-order valence-corrected chi connectivity index (χ2v) is 6.63. The molecule has 2 heterocycles. The Balaban J connectivity index is 1.78. The lowest BCUT2D eigenvalue weighted by Crippen LogP contribution is -2.03. The van der Waals surface area contributed by atoms with E-state index in [1.165, 1.54) is 0 Å². The van der Waals surface area contributed by atoms with E-state index >= 15 is 0 Å². The topological polar surface area (TPSA) is 61.0 Å². The molecule has 0 amide bonds. The highest BCUT2D eigenvalue weighted by molar-refractivity contribution is 7.99. The van der Waals surface area contributed by atoms with Gasteiger partial charge in [0.05, 0.1) is 12.0 Å². The Hall–Kier alpha value is -0.850. The summed E-state index contributed by atoms with van der Waals surface area (Å²) in [4.78, 5) is 9.73. The Morgan fingerprint density at radius 2 is 2.21 bits per heavy atom. The van der Waals surface area contributed by atoms with Crippen molar-refractivity contribution in [1.82, 2.24) is 9.97 Å². The number of ether oxygens (including phenoxy) is 1. The number of nitrogens with two attached hydrogens (primary N) is 1. The fraction of sp³-hybridized carbons (Fsp3) is 0.538. The van der Waals surface area contributed by atoms with Gasteiger partial charge in [0.15, 0.2) is 5.16 Å². The lowest BCUT2D eigenvalue weighted by atomic mass is 10.1. The van der Waals surface area contributed by atoms with Crippen molar-refractivity contribution in [3.05, 3.63) is 11.4 Å². The first-order chi connectivity index (χ1) is 9.16. The van der Waals surface area contributed by atoms with Crippen LogP contribution < -0.4 is 5.73 Å². The van der Waals surface area contributed by atoms with E-state index in [4.69, 9.17) is 10.5 Å². The SMILES string of the molecule is CC(C)CCOCCSc1nc(N)c2ccsc2n1. The van der Waals surface area contributed by atoms with Crippen LogP contribution in [0.15, 0.2) is 16.6 Å². The minimum Gasteiger partial charge on any atom is -0.383 e. The number of anilines is 1. The molecule has 0 fully saturated rings. The number of rotatable bonds is 7. The van der Waals surface area contributed by atoms with Gasteiger partial charge in [0.25, 0.3) is 0 Å². The van der Waals surface area contributed by atoms with Crippen LogP contribution in [-0.2, 0) is 4.74 Å². The van der Waals surface area contributed by atoms with Gasteiger partial charge in [-0.15, -0.1) is 11.3 Å². The fourth-order valence-corrected chi connectivity index (χ4v) is 3.07. The second-order valence-electron chi connectivity index (χ2n) is 4.67. The molecule has 0 aliphatic heterocycles. The normalized spacial score (nSPS) is 11.5. The van der Waals surface area contributed by atoms with Crippen molar-refractivity contribution in [3.63, 3.8) is 0 Å². The molecule has 0 aliphatic carbocycles. The molecule has 0 radical (unpaired) electrons. The van der Waals surface area contributed by atoms with E-state index in [0.29, 0.717) is 11.7 Å². The third-order valence-electron chi connectivity index (χ3n) is 2.63. The highest BCUT2D eigenvalue weighted by Gasteiger charge is 2.06. The van der Waals surface area contributed by atoms with Gasteiger partial charge < -0.3 is 10.5 Å². The number of hydrogen-bond acceptors (Lipinski definition) is 6. The summed E-state index contributed by atoms with van der Waals surface area (Å²) in [6.07, 6.45) is 1.11. The first-order valence-electron chi connectivity index (χ1n) is 6.38. The van der Waals surface area contributed by atoms with Crippen molar-refractivity contribution in [2.75, 3.05) is 24.7 Å². The quantitative estimate of drug-likeness (QED) is 0.482. The van der Waals surface area contributed by atoms with E-state index in [2.05, 4.69) is 23.8 Å². The maximum Gasteiger partial charge on any atom is 0.190 e. The van der Waals surface area contributed by atoms with Crippen LogP contribution in [0.4, 0.5) is 5.82 Å². The average Bonchev–Trinajstić information content (AvgIpc) is 2.82. The van der Waals surface area contributed by atoms with Gasteiger partial charge >= 0.3 is 0 Å². The molecule has 0 unspecified atom stereocenters. The average molecular weight is 297 g/mol. The molecule has 0 saturated heterocycles. The van der Waals surface area contributed by atoms with E-state index in [-0.39, 0.29) is 0 Å². The Kier molecular flexibility index (Phi) is 5.42. The summed E-state index contributed by atoms with van der Waals surface area (Å²) in [6, 6.07) is 1.96. The van der Waals surface area contributed by atoms with E-state index < -0.39 is 0 Å². The Morgan fingerprint density at radius 1 is 1.37 bits per heavy atom. The minimum atomic E-state index is 0.564. The number of thiophene rings is 1. The lowest BCUT2D eigenvalue weighted by molar-refractivity contribution is 0.138. The van der Waals surface area contributed by atoms with Crippen LogP contribution in [0.2, 0.25) is 0 Å². The number of aromatic nitrogens is 2. The molecule has 2 rings (SSSR count). The molecule has 2 N–H and O–H groups in total. The molecule has 0 aliphatic rings. The van der Waals surface area contributed by atoms with Crippen molar-refractivity contribution in [1.29, 1.82) is 0 Å². The molecular formula is C13H19N3OS2. The first-order valence-corrected chi connectivity index (χ1v) is 8.24.